The number of amides is 1. The van der Waals surface area contributed by atoms with Crippen LogP contribution in [0.4, 0.5) is 10.1 Å². The van der Waals surface area contributed by atoms with Crippen molar-refractivity contribution in [2.75, 3.05) is 26.1 Å². The molecule has 0 aliphatic rings. The zero-order valence-electron chi connectivity index (χ0n) is 9.44. The number of halogens is 1. The van der Waals surface area contributed by atoms with Crippen LogP contribution in [0.5, 0.6) is 0 Å². The molecule has 0 aromatic heterocycles. The number of rotatable bonds is 5. The van der Waals surface area contributed by atoms with Gasteiger partial charge in [-0.1, -0.05) is 6.07 Å². The van der Waals surface area contributed by atoms with Crippen LogP contribution < -0.4 is 11.1 Å². The molecule has 1 amide bonds. The molecule has 0 fully saturated rings. The van der Waals surface area contributed by atoms with Crippen LogP contribution in [0.3, 0.4) is 0 Å². The Hall–Kier alpha value is -1.66. The number of carbonyl (C=O) groups excluding carboxylic acids is 1. The second-order valence-corrected chi connectivity index (χ2v) is 3.51. The fraction of sp³-hybridized carbons (Fsp3) is 0.364. The minimum atomic E-state index is -0.648. The van der Waals surface area contributed by atoms with Crippen LogP contribution in [-0.2, 0) is 4.74 Å². The van der Waals surface area contributed by atoms with Gasteiger partial charge in [0.1, 0.15) is 5.82 Å². The molecule has 0 bridgehead atoms. The Morgan fingerprint density at radius 1 is 1.65 bits per heavy atom. The van der Waals surface area contributed by atoms with Crippen molar-refractivity contribution in [1.29, 1.82) is 0 Å². The van der Waals surface area contributed by atoms with Crippen LogP contribution in [0.2, 0.25) is 0 Å². The SMILES string of the molecule is COCC(CO)NC(=O)c1cccc(F)c1N. The maximum absolute atomic E-state index is 13.1. The van der Waals surface area contributed by atoms with Gasteiger partial charge < -0.3 is 20.9 Å². The Kier molecular flexibility index (Phi) is 4.86. The Bertz CT molecular complexity index is 398. The number of ether oxygens (including phenoxy) is 1. The number of nitrogens with one attached hydrogen (secondary N) is 1. The van der Waals surface area contributed by atoms with E-state index in [4.69, 9.17) is 15.6 Å². The Labute approximate surface area is 98.4 Å². The zero-order chi connectivity index (χ0) is 12.8. The van der Waals surface area contributed by atoms with Crippen molar-refractivity contribution in [2.45, 2.75) is 6.04 Å². The van der Waals surface area contributed by atoms with E-state index >= 15 is 0 Å². The number of carbonyl (C=O) groups is 1. The molecule has 5 nitrogen and oxygen atoms in total. The quantitative estimate of drug-likeness (QED) is 0.641. The number of methoxy groups -OCH3 is 1. The van der Waals surface area contributed by atoms with Gasteiger partial charge in [-0.25, -0.2) is 4.39 Å². The molecule has 0 saturated carbocycles. The number of hydrogen-bond donors (Lipinski definition) is 3. The van der Waals surface area contributed by atoms with Gasteiger partial charge in [-0.05, 0) is 12.1 Å². The average Bonchev–Trinajstić information content (AvgIpc) is 2.31. The Morgan fingerprint density at radius 2 is 2.35 bits per heavy atom. The van der Waals surface area contributed by atoms with E-state index in [0.29, 0.717) is 0 Å². The number of anilines is 1. The molecule has 0 aliphatic heterocycles. The highest BCUT2D eigenvalue weighted by molar-refractivity contribution is 5.99. The van der Waals surface area contributed by atoms with Crippen molar-refractivity contribution in [3.63, 3.8) is 0 Å². The fourth-order valence-corrected chi connectivity index (χ4v) is 1.34. The van der Waals surface area contributed by atoms with Crippen LogP contribution in [0.1, 0.15) is 10.4 Å². The number of aliphatic hydroxyl groups is 1. The van der Waals surface area contributed by atoms with Crippen LogP contribution in [0, 0.1) is 5.82 Å². The van der Waals surface area contributed by atoms with Crippen LogP contribution in [0.15, 0.2) is 18.2 Å². The highest BCUT2D eigenvalue weighted by Gasteiger charge is 2.16. The number of hydrogen-bond acceptors (Lipinski definition) is 4. The minimum absolute atomic E-state index is 0.0413. The lowest BCUT2D eigenvalue weighted by atomic mass is 10.1. The van der Waals surface area contributed by atoms with Gasteiger partial charge in [-0.15, -0.1) is 0 Å². The lowest BCUT2D eigenvalue weighted by molar-refractivity contribution is 0.0840. The van der Waals surface area contributed by atoms with Gasteiger partial charge in [0.2, 0.25) is 0 Å². The van der Waals surface area contributed by atoms with Crippen molar-refractivity contribution in [1.82, 2.24) is 5.32 Å². The highest BCUT2D eigenvalue weighted by atomic mass is 19.1. The van der Waals surface area contributed by atoms with Gasteiger partial charge >= 0.3 is 0 Å². The lowest BCUT2D eigenvalue weighted by Gasteiger charge is -2.16. The van der Waals surface area contributed by atoms with E-state index < -0.39 is 17.8 Å². The lowest BCUT2D eigenvalue weighted by Crippen LogP contribution is -2.40. The van der Waals surface area contributed by atoms with Gasteiger partial charge in [0.05, 0.1) is 30.5 Å². The predicted molar refractivity (Wildman–Crippen MR) is 61.0 cm³/mol. The molecule has 0 heterocycles. The van der Waals surface area contributed by atoms with Crippen molar-refractivity contribution < 1.29 is 19.0 Å². The topological polar surface area (TPSA) is 84.6 Å². The smallest absolute Gasteiger partial charge is 0.253 e. The van der Waals surface area contributed by atoms with E-state index in [2.05, 4.69) is 5.32 Å². The summed E-state index contributed by atoms with van der Waals surface area (Å²) in [4.78, 5) is 11.7. The molecule has 0 radical (unpaired) electrons. The number of nitrogens with two attached hydrogens (primary N) is 1. The zero-order valence-corrected chi connectivity index (χ0v) is 9.44. The predicted octanol–water partition coefficient (Wildman–Crippen LogP) is 0.145. The summed E-state index contributed by atoms with van der Waals surface area (Å²) in [7, 11) is 1.45. The van der Waals surface area contributed by atoms with Gasteiger partial charge in [0, 0.05) is 7.11 Å². The number of nitrogen functional groups attached to an aromatic ring is 1. The Balaban J connectivity index is 2.79. The molecule has 1 aromatic carbocycles. The first kappa shape index (κ1) is 13.4. The molecule has 0 spiro atoms. The molecule has 1 atom stereocenters. The first-order chi connectivity index (χ1) is 8.10. The summed E-state index contributed by atoms with van der Waals surface area (Å²) in [6.45, 7) is -0.105. The molecule has 0 saturated heterocycles. The molecule has 17 heavy (non-hydrogen) atoms. The van der Waals surface area contributed by atoms with Gasteiger partial charge in [0.25, 0.3) is 5.91 Å². The molecule has 1 aromatic rings. The van der Waals surface area contributed by atoms with Crippen molar-refractivity contribution >= 4 is 11.6 Å². The number of aliphatic hydroxyl groups excluding tert-OH is 1. The largest absolute Gasteiger partial charge is 0.396 e. The van der Waals surface area contributed by atoms with E-state index in [9.17, 15) is 9.18 Å². The van der Waals surface area contributed by atoms with Crippen LogP contribution in [0.25, 0.3) is 0 Å². The second-order valence-electron chi connectivity index (χ2n) is 3.51. The first-order valence-corrected chi connectivity index (χ1v) is 5.04. The van der Waals surface area contributed by atoms with Crippen molar-refractivity contribution in [2.24, 2.45) is 0 Å². The summed E-state index contributed by atoms with van der Waals surface area (Å²) in [6.07, 6.45) is 0. The summed E-state index contributed by atoms with van der Waals surface area (Å²) in [5, 5.41) is 11.5. The molecule has 0 aliphatic carbocycles. The molecular weight excluding hydrogens is 227 g/mol. The summed E-state index contributed by atoms with van der Waals surface area (Å²) < 4.78 is 17.9. The molecule has 4 N–H and O–H groups in total. The summed E-state index contributed by atoms with van der Waals surface area (Å²) in [5.74, 6) is -1.19. The van der Waals surface area contributed by atoms with E-state index in [1.165, 1.54) is 25.3 Å². The summed E-state index contributed by atoms with van der Waals surface area (Å²) in [5.41, 5.74) is 5.28. The normalized spacial score (nSPS) is 12.2. The van der Waals surface area contributed by atoms with E-state index in [1.54, 1.807) is 0 Å². The third-order valence-electron chi connectivity index (χ3n) is 2.22. The van der Waals surface area contributed by atoms with Gasteiger partial charge in [-0.3, -0.25) is 4.79 Å². The minimum Gasteiger partial charge on any atom is -0.396 e. The van der Waals surface area contributed by atoms with Crippen molar-refractivity contribution in [3.8, 4) is 0 Å². The van der Waals surface area contributed by atoms with E-state index in [1.807, 2.05) is 0 Å². The van der Waals surface area contributed by atoms with Crippen molar-refractivity contribution in [3.05, 3.63) is 29.6 Å². The highest BCUT2D eigenvalue weighted by Crippen LogP contribution is 2.15. The van der Waals surface area contributed by atoms with Gasteiger partial charge in [0.15, 0.2) is 0 Å². The van der Waals surface area contributed by atoms with Crippen LogP contribution in [-0.4, -0.2) is 37.4 Å². The first-order valence-electron chi connectivity index (χ1n) is 5.04. The van der Waals surface area contributed by atoms with Crippen LogP contribution >= 0.6 is 0 Å². The van der Waals surface area contributed by atoms with Gasteiger partial charge in [-0.2, -0.15) is 0 Å². The van der Waals surface area contributed by atoms with E-state index in [-0.39, 0.29) is 24.5 Å². The summed E-state index contributed by atoms with van der Waals surface area (Å²) in [6, 6.07) is 3.43. The third-order valence-corrected chi connectivity index (χ3v) is 2.22. The number of para-hydroxylation sites is 1. The summed E-state index contributed by atoms with van der Waals surface area (Å²) >= 11 is 0. The maximum Gasteiger partial charge on any atom is 0.253 e. The monoisotopic (exact) mass is 242 g/mol. The standard InChI is InChI=1S/C11H15FN2O3/c1-17-6-7(5-15)14-11(16)8-3-2-4-9(12)10(8)13/h2-4,7,15H,5-6,13H2,1H3,(H,14,16). The maximum atomic E-state index is 13.1. The molecule has 1 rings (SSSR count). The Morgan fingerprint density at radius 3 is 2.94 bits per heavy atom. The fourth-order valence-electron chi connectivity index (χ4n) is 1.34. The molecule has 6 heteroatoms. The molecule has 1 unspecified atom stereocenters. The number of benzene rings is 1. The second kappa shape index (κ2) is 6.17. The third kappa shape index (κ3) is 3.40. The molecular formula is C11H15FN2O3. The molecule has 94 valence electrons. The average molecular weight is 242 g/mol. The van der Waals surface area contributed by atoms with E-state index in [0.717, 1.165) is 0 Å².